The summed E-state index contributed by atoms with van der Waals surface area (Å²) in [6.07, 6.45) is 1.91. The SMILES string of the molecule is C=CC(C)N(C)Cc1cccc(C#N)c1. The lowest BCUT2D eigenvalue weighted by Gasteiger charge is -2.21. The standard InChI is InChI=1S/C13H16N2/c1-4-11(2)15(3)10-13-7-5-6-12(8-13)9-14/h4-8,11H,1,10H2,2-3H3. The minimum absolute atomic E-state index is 0.343. The molecule has 1 rings (SSSR count). The van der Waals surface area contributed by atoms with Crippen molar-refractivity contribution in [1.29, 1.82) is 5.26 Å². The van der Waals surface area contributed by atoms with Crippen molar-refractivity contribution >= 4 is 0 Å². The normalized spacial score (nSPS) is 12.1. The van der Waals surface area contributed by atoms with E-state index in [9.17, 15) is 0 Å². The monoisotopic (exact) mass is 200 g/mol. The van der Waals surface area contributed by atoms with Crippen molar-refractivity contribution in [3.8, 4) is 6.07 Å². The van der Waals surface area contributed by atoms with E-state index < -0.39 is 0 Å². The molecule has 78 valence electrons. The Balaban J connectivity index is 2.72. The molecule has 0 radical (unpaired) electrons. The topological polar surface area (TPSA) is 27.0 Å². The molecule has 0 heterocycles. The first kappa shape index (κ1) is 11.5. The van der Waals surface area contributed by atoms with Crippen molar-refractivity contribution in [3.63, 3.8) is 0 Å². The lowest BCUT2D eigenvalue weighted by atomic mass is 10.1. The molecule has 1 unspecified atom stereocenters. The van der Waals surface area contributed by atoms with Crippen molar-refractivity contribution in [1.82, 2.24) is 4.90 Å². The minimum Gasteiger partial charge on any atom is -0.296 e. The maximum Gasteiger partial charge on any atom is 0.0991 e. The molecule has 1 atom stereocenters. The molecule has 2 nitrogen and oxygen atoms in total. The van der Waals surface area contributed by atoms with E-state index in [-0.39, 0.29) is 0 Å². The van der Waals surface area contributed by atoms with Gasteiger partial charge in [0.2, 0.25) is 0 Å². The van der Waals surface area contributed by atoms with Crippen LogP contribution in [-0.2, 0) is 6.54 Å². The molecule has 1 aromatic rings. The zero-order chi connectivity index (χ0) is 11.3. The average molecular weight is 200 g/mol. The maximum atomic E-state index is 8.77. The number of nitriles is 1. The molecule has 0 N–H and O–H groups in total. The summed E-state index contributed by atoms with van der Waals surface area (Å²) >= 11 is 0. The molecule has 0 amide bonds. The third-order valence-corrected chi connectivity index (χ3v) is 2.52. The molecule has 0 aliphatic rings. The van der Waals surface area contributed by atoms with Gasteiger partial charge >= 0.3 is 0 Å². The smallest absolute Gasteiger partial charge is 0.0991 e. The second kappa shape index (κ2) is 5.33. The van der Waals surface area contributed by atoms with Crippen molar-refractivity contribution < 1.29 is 0 Å². The van der Waals surface area contributed by atoms with Crippen molar-refractivity contribution in [2.45, 2.75) is 19.5 Å². The third kappa shape index (κ3) is 3.23. The summed E-state index contributed by atoms with van der Waals surface area (Å²) < 4.78 is 0. The molecule has 0 bridgehead atoms. The Bertz CT molecular complexity index is 376. The summed E-state index contributed by atoms with van der Waals surface area (Å²) in [5.41, 5.74) is 1.87. The van der Waals surface area contributed by atoms with Crippen LogP contribution in [0.4, 0.5) is 0 Å². The molecule has 0 spiro atoms. The largest absolute Gasteiger partial charge is 0.296 e. The van der Waals surface area contributed by atoms with Crippen molar-refractivity contribution in [2.75, 3.05) is 7.05 Å². The summed E-state index contributed by atoms with van der Waals surface area (Å²) in [5.74, 6) is 0. The van der Waals surface area contributed by atoms with Crippen molar-refractivity contribution in [2.24, 2.45) is 0 Å². The molecule has 0 aliphatic carbocycles. The third-order valence-electron chi connectivity index (χ3n) is 2.52. The van der Waals surface area contributed by atoms with E-state index in [1.54, 1.807) is 0 Å². The Morgan fingerprint density at radius 1 is 1.60 bits per heavy atom. The number of rotatable bonds is 4. The molecule has 0 saturated heterocycles. The molecule has 1 aromatic carbocycles. The summed E-state index contributed by atoms with van der Waals surface area (Å²) in [7, 11) is 2.05. The van der Waals surface area contributed by atoms with E-state index in [4.69, 9.17) is 5.26 Å². The van der Waals surface area contributed by atoms with Gasteiger partial charge in [-0.25, -0.2) is 0 Å². The van der Waals surface area contributed by atoms with E-state index in [2.05, 4.69) is 24.5 Å². The van der Waals surface area contributed by atoms with Gasteiger partial charge in [0.1, 0.15) is 0 Å². The highest BCUT2D eigenvalue weighted by Crippen LogP contribution is 2.08. The van der Waals surface area contributed by atoms with Crippen LogP contribution in [0.5, 0.6) is 0 Å². The van der Waals surface area contributed by atoms with Gasteiger partial charge in [0, 0.05) is 12.6 Å². The molecule has 0 fully saturated rings. The molecule has 0 aliphatic heterocycles. The fourth-order valence-electron chi connectivity index (χ4n) is 1.35. The quantitative estimate of drug-likeness (QED) is 0.698. The zero-order valence-electron chi connectivity index (χ0n) is 9.27. The fraction of sp³-hybridized carbons (Fsp3) is 0.308. The van der Waals surface area contributed by atoms with Gasteiger partial charge in [-0.3, -0.25) is 4.90 Å². The molecule has 2 heteroatoms. The van der Waals surface area contributed by atoms with E-state index in [1.165, 1.54) is 0 Å². The van der Waals surface area contributed by atoms with Crippen LogP contribution in [0.3, 0.4) is 0 Å². The second-order valence-corrected chi connectivity index (χ2v) is 3.70. The second-order valence-electron chi connectivity index (χ2n) is 3.70. The first-order valence-corrected chi connectivity index (χ1v) is 4.99. The molecule has 15 heavy (non-hydrogen) atoms. The van der Waals surface area contributed by atoms with Gasteiger partial charge in [0.05, 0.1) is 11.6 Å². The van der Waals surface area contributed by atoms with Crippen LogP contribution in [-0.4, -0.2) is 18.0 Å². The molecular weight excluding hydrogens is 184 g/mol. The van der Waals surface area contributed by atoms with E-state index in [1.807, 2.05) is 37.4 Å². The lowest BCUT2D eigenvalue weighted by molar-refractivity contribution is 0.289. The van der Waals surface area contributed by atoms with Crippen LogP contribution in [0.2, 0.25) is 0 Å². The number of hydrogen-bond donors (Lipinski definition) is 0. The van der Waals surface area contributed by atoms with Crippen LogP contribution in [0, 0.1) is 11.3 Å². The van der Waals surface area contributed by atoms with E-state index >= 15 is 0 Å². The Hall–Kier alpha value is -1.59. The van der Waals surface area contributed by atoms with Gasteiger partial charge in [0.25, 0.3) is 0 Å². The average Bonchev–Trinajstić information content (AvgIpc) is 2.28. The Kier molecular flexibility index (Phi) is 4.08. The van der Waals surface area contributed by atoms with Crippen LogP contribution >= 0.6 is 0 Å². The van der Waals surface area contributed by atoms with Gasteiger partial charge in [-0.2, -0.15) is 5.26 Å². The maximum absolute atomic E-state index is 8.77. The summed E-state index contributed by atoms with van der Waals surface area (Å²) in [6.45, 7) is 6.70. The van der Waals surface area contributed by atoms with Gasteiger partial charge in [-0.15, -0.1) is 6.58 Å². The Labute approximate surface area is 91.4 Å². The molecule has 0 saturated carbocycles. The van der Waals surface area contributed by atoms with Crippen molar-refractivity contribution in [3.05, 3.63) is 48.0 Å². The van der Waals surface area contributed by atoms with E-state index in [0.29, 0.717) is 11.6 Å². The first-order valence-electron chi connectivity index (χ1n) is 4.99. The number of likely N-dealkylation sites (N-methyl/N-ethyl adjacent to an activating group) is 1. The Morgan fingerprint density at radius 3 is 2.93 bits per heavy atom. The van der Waals surface area contributed by atoms with Gasteiger partial charge in [0.15, 0.2) is 0 Å². The highest BCUT2D eigenvalue weighted by molar-refractivity contribution is 5.32. The zero-order valence-corrected chi connectivity index (χ0v) is 9.27. The van der Waals surface area contributed by atoms with Gasteiger partial charge < -0.3 is 0 Å². The molecule has 0 aromatic heterocycles. The highest BCUT2D eigenvalue weighted by atomic mass is 15.1. The van der Waals surface area contributed by atoms with Gasteiger partial charge in [-0.1, -0.05) is 18.2 Å². The molecular formula is C13H16N2. The fourth-order valence-corrected chi connectivity index (χ4v) is 1.35. The number of benzene rings is 1. The van der Waals surface area contributed by atoms with Crippen LogP contribution in [0.25, 0.3) is 0 Å². The lowest BCUT2D eigenvalue weighted by Crippen LogP contribution is -2.26. The van der Waals surface area contributed by atoms with E-state index in [0.717, 1.165) is 12.1 Å². The summed E-state index contributed by atoms with van der Waals surface area (Å²) in [5, 5.41) is 8.77. The number of nitrogens with zero attached hydrogens (tertiary/aromatic N) is 2. The summed E-state index contributed by atoms with van der Waals surface area (Å²) in [4.78, 5) is 2.18. The minimum atomic E-state index is 0.343. The van der Waals surface area contributed by atoms with Gasteiger partial charge in [-0.05, 0) is 31.7 Å². The highest BCUT2D eigenvalue weighted by Gasteiger charge is 2.05. The first-order chi connectivity index (χ1) is 7.17. The van der Waals surface area contributed by atoms with Crippen LogP contribution in [0.15, 0.2) is 36.9 Å². The van der Waals surface area contributed by atoms with Crippen LogP contribution in [0.1, 0.15) is 18.1 Å². The predicted molar refractivity (Wildman–Crippen MR) is 62.3 cm³/mol. The predicted octanol–water partition coefficient (Wildman–Crippen LogP) is 2.56. The Morgan fingerprint density at radius 2 is 2.33 bits per heavy atom. The summed E-state index contributed by atoms with van der Waals surface area (Å²) in [6, 6.07) is 10.2. The number of hydrogen-bond acceptors (Lipinski definition) is 2. The van der Waals surface area contributed by atoms with Crippen LogP contribution < -0.4 is 0 Å².